The topological polar surface area (TPSA) is 86.5 Å². The van der Waals surface area contributed by atoms with E-state index in [9.17, 15) is 19.1 Å². The van der Waals surface area contributed by atoms with Crippen LogP contribution in [0.1, 0.15) is 13.3 Å². The highest BCUT2D eigenvalue weighted by atomic mass is 32.2. The van der Waals surface area contributed by atoms with Gasteiger partial charge in [0.05, 0.1) is 22.3 Å². The van der Waals surface area contributed by atoms with Gasteiger partial charge >= 0.3 is 5.97 Å². The monoisotopic (exact) mass is 271 g/mol. The highest BCUT2D eigenvalue weighted by Gasteiger charge is 2.08. The molecule has 1 aromatic carbocycles. The van der Waals surface area contributed by atoms with Crippen molar-refractivity contribution in [1.82, 2.24) is 0 Å². The van der Waals surface area contributed by atoms with Crippen LogP contribution in [0.15, 0.2) is 29.2 Å². The molecular formula is C11H13NO5S. The van der Waals surface area contributed by atoms with Gasteiger partial charge in [-0.2, -0.15) is 0 Å². The first-order valence-electron chi connectivity index (χ1n) is 5.27. The van der Waals surface area contributed by atoms with Crippen LogP contribution < -0.4 is 0 Å². The summed E-state index contributed by atoms with van der Waals surface area (Å²) < 4.78 is 16.5. The smallest absolute Gasteiger partial charge is 0.302 e. The molecule has 0 N–H and O–H groups in total. The van der Waals surface area contributed by atoms with E-state index in [1.165, 1.54) is 31.2 Å². The van der Waals surface area contributed by atoms with Crippen LogP contribution >= 0.6 is 0 Å². The minimum absolute atomic E-state index is 0.0318. The lowest BCUT2D eigenvalue weighted by Crippen LogP contribution is -2.05. The molecule has 0 aliphatic rings. The van der Waals surface area contributed by atoms with Crippen LogP contribution in [0.5, 0.6) is 0 Å². The molecule has 0 heterocycles. The predicted octanol–water partition coefficient (Wildman–Crippen LogP) is 1.66. The summed E-state index contributed by atoms with van der Waals surface area (Å²) in [7, 11) is -1.23. The molecule has 1 atom stereocenters. The van der Waals surface area contributed by atoms with Crippen molar-refractivity contribution < 1.29 is 18.7 Å². The number of hydrogen-bond acceptors (Lipinski definition) is 5. The van der Waals surface area contributed by atoms with Gasteiger partial charge in [0, 0.05) is 29.7 Å². The second kappa shape index (κ2) is 6.85. The molecule has 18 heavy (non-hydrogen) atoms. The lowest BCUT2D eigenvalue weighted by Gasteiger charge is -2.03. The van der Waals surface area contributed by atoms with Gasteiger partial charge in [0.2, 0.25) is 0 Å². The standard InChI is InChI=1S/C11H13NO5S/c1-9(13)17-7-2-8-18(16)11-5-3-10(4-6-11)12(14)15/h3-6H,2,7-8H2,1H3. The third-order valence-electron chi connectivity index (χ3n) is 2.09. The molecule has 0 aliphatic carbocycles. The number of nitrogens with zero attached hydrogens (tertiary/aromatic N) is 1. The van der Waals surface area contributed by atoms with E-state index in [0.717, 1.165) is 0 Å². The molecule has 1 unspecified atom stereocenters. The van der Waals surface area contributed by atoms with E-state index in [1.54, 1.807) is 0 Å². The molecule has 6 nitrogen and oxygen atoms in total. The number of non-ortho nitro benzene ring substituents is 1. The van der Waals surface area contributed by atoms with Crippen molar-refractivity contribution in [1.29, 1.82) is 0 Å². The van der Waals surface area contributed by atoms with Crippen LogP contribution in [0.4, 0.5) is 5.69 Å². The predicted molar refractivity (Wildman–Crippen MR) is 65.6 cm³/mol. The van der Waals surface area contributed by atoms with Gasteiger partial charge in [-0.25, -0.2) is 0 Å². The molecule has 0 amide bonds. The Bertz CT molecular complexity index is 457. The van der Waals surface area contributed by atoms with Crippen molar-refractivity contribution in [2.75, 3.05) is 12.4 Å². The normalized spacial score (nSPS) is 11.8. The average Bonchev–Trinajstić information content (AvgIpc) is 2.34. The Hall–Kier alpha value is -1.76. The largest absolute Gasteiger partial charge is 0.466 e. The molecule has 1 aromatic rings. The Morgan fingerprint density at radius 2 is 2.00 bits per heavy atom. The zero-order valence-electron chi connectivity index (χ0n) is 9.83. The molecule has 0 saturated carbocycles. The number of carbonyl (C=O) groups is 1. The SMILES string of the molecule is CC(=O)OCCCS(=O)c1ccc([N+](=O)[O-])cc1. The van der Waals surface area contributed by atoms with Gasteiger partial charge in [-0.05, 0) is 18.6 Å². The second-order valence-corrected chi connectivity index (χ2v) is 5.06. The average molecular weight is 271 g/mol. The third kappa shape index (κ3) is 4.62. The highest BCUT2D eigenvalue weighted by Crippen LogP contribution is 2.15. The third-order valence-corrected chi connectivity index (χ3v) is 3.55. The Kier molecular flexibility index (Phi) is 5.44. The number of rotatable bonds is 6. The zero-order chi connectivity index (χ0) is 13.5. The van der Waals surface area contributed by atoms with Crippen LogP contribution in [0.3, 0.4) is 0 Å². The van der Waals surface area contributed by atoms with Crippen LogP contribution in [-0.2, 0) is 20.3 Å². The van der Waals surface area contributed by atoms with Gasteiger partial charge in [0.25, 0.3) is 5.69 Å². The summed E-state index contributed by atoms with van der Waals surface area (Å²) in [5, 5.41) is 10.4. The van der Waals surface area contributed by atoms with E-state index < -0.39 is 15.7 Å². The van der Waals surface area contributed by atoms with Gasteiger partial charge < -0.3 is 4.74 Å². The van der Waals surface area contributed by atoms with E-state index in [4.69, 9.17) is 4.74 Å². The molecule has 0 saturated heterocycles. The molecule has 7 heteroatoms. The van der Waals surface area contributed by atoms with Gasteiger partial charge in [0.1, 0.15) is 0 Å². The first-order valence-corrected chi connectivity index (χ1v) is 6.59. The van der Waals surface area contributed by atoms with E-state index in [0.29, 0.717) is 17.1 Å². The number of nitro benzene ring substituents is 1. The number of ether oxygens (including phenoxy) is 1. The van der Waals surface area contributed by atoms with Crippen molar-refractivity contribution in [2.45, 2.75) is 18.2 Å². The van der Waals surface area contributed by atoms with Crippen LogP contribution in [-0.4, -0.2) is 27.5 Å². The number of esters is 1. The fourth-order valence-electron chi connectivity index (χ4n) is 1.24. The zero-order valence-corrected chi connectivity index (χ0v) is 10.6. The van der Waals surface area contributed by atoms with Crippen molar-refractivity contribution in [3.8, 4) is 0 Å². The lowest BCUT2D eigenvalue weighted by atomic mass is 10.3. The molecule has 0 radical (unpaired) electrons. The van der Waals surface area contributed by atoms with E-state index in [2.05, 4.69) is 0 Å². The number of benzene rings is 1. The quantitative estimate of drug-likeness (QED) is 0.340. The summed E-state index contributed by atoms with van der Waals surface area (Å²) >= 11 is 0. The van der Waals surface area contributed by atoms with Crippen molar-refractivity contribution in [3.05, 3.63) is 34.4 Å². The van der Waals surface area contributed by atoms with Gasteiger partial charge in [-0.3, -0.25) is 19.1 Å². The molecule has 0 fully saturated rings. The summed E-state index contributed by atoms with van der Waals surface area (Å²) in [5.74, 6) is -0.0124. The van der Waals surface area contributed by atoms with Crippen LogP contribution in [0.25, 0.3) is 0 Å². The summed E-state index contributed by atoms with van der Waals surface area (Å²) in [5.41, 5.74) is -0.0318. The maximum Gasteiger partial charge on any atom is 0.302 e. The number of nitro groups is 1. The van der Waals surface area contributed by atoms with Gasteiger partial charge in [-0.1, -0.05) is 0 Å². The van der Waals surface area contributed by atoms with E-state index >= 15 is 0 Å². The molecular weight excluding hydrogens is 258 g/mol. The fourth-order valence-corrected chi connectivity index (χ4v) is 2.30. The summed E-state index contributed by atoms with van der Waals surface area (Å²) in [6, 6.07) is 5.58. The molecule has 0 bridgehead atoms. The Labute approximate surface area is 107 Å². The summed E-state index contributed by atoms with van der Waals surface area (Å²) in [6.45, 7) is 1.54. The van der Waals surface area contributed by atoms with Crippen molar-refractivity contribution in [3.63, 3.8) is 0 Å². The molecule has 0 aliphatic heterocycles. The minimum atomic E-state index is -1.23. The first kappa shape index (κ1) is 14.3. The molecule has 98 valence electrons. The number of carbonyl (C=O) groups excluding carboxylic acids is 1. The van der Waals surface area contributed by atoms with E-state index in [1.807, 2.05) is 0 Å². The summed E-state index contributed by atoms with van der Waals surface area (Å²) in [6.07, 6.45) is 0.489. The van der Waals surface area contributed by atoms with Gasteiger partial charge in [-0.15, -0.1) is 0 Å². The Morgan fingerprint density at radius 3 is 2.50 bits per heavy atom. The Balaban J connectivity index is 2.46. The highest BCUT2D eigenvalue weighted by molar-refractivity contribution is 7.85. The van der Waals surface area contributed by atoms with E-state index in [-0.39, 0.29) is 18.3 Å². The molecule has 1 rings (SSSR count). The Morgan fingerprint density at radius 1 is 1.39 bits per heavy atom. The molecule has 0 spiro atoms. The maximum atomic E-state index is 11.8. The van der Waals surface area contributed by atoms with Crippen molar-refractivity contribution in [2.24, 2.45) is 0 Å². The first-order chi connectivity index (χ1) is 8.50. The number of hydrogen-bond donors (Lipinski definition) is 0. The minimum Gasteiger partial charge on any atom is -0.466 e. The second-order valence-electron chi connectivity index (χ2n) is 3.49. The van der Waals surface area contributed by atoms with Crippen molar-refractivity contribution >= 4 is 22.5 Å². The fraction of sp³-hybridized carbons (Fsp3) is 0.364. The maximum absolute atomic E-state index is 11.8. The van der Waals surface area contributed by atoms with Crippen LogP contribution in [0.2, 0.25) is 0 Å². The van der Waals surface area contributed by atoms with Crippen LogP contribution in [0, 0.1) is 10.1 Å². The summed E-state index contributed by atoms with van der Waals surface area (Å²) in [4.78, 5) is 21.0. The molecule has 0 aromatic heterocycles. The van der Waals surface area contributed by atoms with Gasteiger partial charge in [0.15, 0.2) is 0 Å². The lowest BCUT2D eigenvalue weighted by molar-refractivity contribution is -0.384.